The summed E-state index contributed by atoms with van der Waals surface area (Å²) in [6, 6.07) is 22.8. The first-order valence-electron chi connectivity index (χ1n) is 14.0. The number of amides is 2. The van der Waals surface area contributed by atoms with E-state index in [9.17, 15) is 23.4 Å². The van der Waals surface area contributed by atoms with Gasteiger partial charge in [-0.3, -0.25) is 18.7 Å². The largest absolute Gasteiger partial charge is 0.497 e. The molecule has 0 spiro atoms. The molecule has 2 aliphatic rings. The molecule has 230 valence electrons. The first kappa shape index (κ1) is 29.8. The lowest BCUT2D eigenvalue weighted by Crippen LogP contribution is -2.73. The van der Waals surface area contributed by atoms with Crippen molar-refractivity contribution in [1.82, 2.24) is 10.2 Å². The summed E-state index contributed by atoms with van der Waals surface area (Å²) < 4.78 is 35.4. The van der Waals surface area contributed by atoms with Crippen molar-refractivity contribution in [3.63, 3.8) is 0 Å². The maximum absolute atomic E-state index is 13.6. The fraction of sp³-hybridized carbons (Fsp3) is 0.212. The summed E-state index contributed by atoms with van der Waals surface area (Å²) in [5.74, 6) is -0.877. The van der Waals surface area contributed by atoms with Gasteiger partial charge in [0.05, 0.1) is 30.1 Å². The number of fused-ring (bicyclic) bond motifs is 2. The molecule has 4 aromatic rings. The molecule has 1 saturated heterocycles. The van der Waals surface area contributed by atoms with Crippen molar-refractivity contribution in [3.05, 3.63) is 118 Å². The van der Waals surface area contributed by atoms with Crippen molar-refractivity contribution in [3.8, 4) is 11.5 Å². The fourth-order valence-electron chi connectivity index (χ4n) is 5.20. The molecule has 1 fully saturated rings. The van der Waals surface area contributed by atoms with Crippen molar-refractivity contribution in [2.24, 2.45) is 0 Å². The number of carbonyl (C=O) groups is 3. The molecule has 45 heavy (non-hydrogen) atoms. The standard InChI is InChI=1S/C33H28N2O9S/c1-41-24-11-7-21(8-12-24)17-43-33(39)30-23(18-42-25-13-9-22-10-14-28(37)44-26(22)16-25)19-45(40)32-29(31(38)35(30)32)34-27(36)15-20-5-3-2-4-6-20/h2-14,16,29,32H,15,17-19H2,1H3,(H,34,36)/t29-,32-,45?/m1/s1. The van der Waals surface area contributed by atoms with Gasteiger partial charge in [0, 0.05) is 23.1 Å². The highest BCUT2D eigenvalue weighted by molar-refractivity contribution is 7.86. The predicted molar refractivity (Wildman–Crippen MR) is 164 cm³/mol. The number of methoxy groups -OCH3 is 1. The Morgan fingerprint density at radius 1 is 0.933 bits per heavy atom. The Hall–Kier alpha value is -5.23. The van der Waals surface area contributed by atoms with Crippen molar-refractivity contribution in [1.29, 1.82) is 0 Å². The number of hydrogen-bond donors (Lipinski definition) is 1. The van der Waals surface area contributed by atoms with Crippen LogP contribution in [0.4, 0.5) is 0 Å². The smallest absolute Gasteiger partial charge is 0.355 e. The summed E-state index contributed by atoms with van der Waals surface area (Å²) in [6.45, 7) is -0.278. The van der Waals surface area contributed by atoms with E-state index >= 15 is 0 Å². The average molecular weight is 629 g/mol. The average Bonchev–Trinajstić information content (AvgIpc) is 3.05. The predicted octanol–water partition coefficient (Wildman–Crippen LogP) is 2.84. The molecule has 12 heteroatoms. The summed E-state index contributed by atoms with van der Waals surface area (Å²) in [5.41, 5.74) is 1.48. The SMILES string of the molecule is COc1ccc(COC(=O)C2=C(COc3ccc4ccc(=O)oc4c3)CS(=O)[C@@H]3[C@H](NC(=O)Cc4ccccc4)C(=O)N23)cc1. The number of esters is 1. The van der Waals surface area contributed by atoms with E-state index in [1.54, 1.807) is 73.8 Å². The zero-order valence-electron chi connectivity index (χ0n) is 24.1. The van der Waals surface area contributed by atoms with Crippen LogP contribution in [0.25, 0.3) is 11.0 Å². The minimum absolute atomic E-state index is 0.0432. The highest BCUT2D eigenvalue weighted by atomic mass is 32.2. The van der Waals surface area contributed by atoms with Gasteiger partial charge in [-0.15, -0.1) is 0 Å². The number of rotatable bonds is 10. The maximum Gasteiger partial charge on any atom is 0.355 e. The van der Waals surface area contributed by atoms with Crippen molar-refractivity contribution < 1.29 is 37.2 Å². The highest BCUT2D eigenvalue weighted by Gasteiger charge is 2.57. The molecular formula is C33H28N2O9S. The number of hydrogen-bond acceptors (Lipinski definition) is 9. The van der Waals surface area contributed by atoms with Gasteiger partial charge in [0.25, 0.3) is 5.91 Å². The minimum Gasteiger partial charge on any atom is -0.497 e. The van der Waals surface area contributed by atoms with E-state index in [1.807, 2.05) is 6.07 Å². The van der Waals surface area contributed by atoms with Crippen LogP contribution in [0.2, 0.25) is 0 Å². The van der Waals surface area contributed by atoms with Gasteiger partial charge < -0.3 is 23.9 Å². The first-order chi connectivity index (χ1) is 21.8. The molecule has 1 N–H and O–H groups in total. The number of nitrogens with zero attached hydrogens (tertiary/aromatic N) is 1. The van der Waals surface area contributed by atoms with E-state index < -0.39 is 45.6 Å². The van der Waals surface area contributed by atoms with Crippen LogP contribution >= 0.6 is 0 Å². The number of β-lactam (4-membered cyclic amide) rings is 1. The maximum atomic E-state index is 13.6. The molecule has 6 rings (SSSR count). The van der Waals surface area contributed by atoms with Gasteiger partial charge >= 0.3 is 11.6 Å². The Labute approximate surface area is 259 Å². The number of carbonyl (C=O) groups excluding carboxylic acids is 3. The summed E-state index contributed by atoms with van der Waals surface area (Å²) >= 11 is 0. The second-order valence-electron chi connectivity index (χ2n) is 10.5. The van der Waals surface area contributed by atoms with Crippen LogP contribution in [0.1, 0.15) is 11.1 Å². The summed E-state index contributed by atoms with van der Waals surface area (Å²) in [7, 11) is -0.120. The molecule has 2 amide bonds. The quantitative estimate of drug-likeness (QED) is 0.159. The second kappa shape index (κ2) is 12.8. The lowest BCUT2D eigenvalue weighted by molar-refractivity contribution is -0.153. The van der Waals surface area contributed by atoms with Gasteiger partial charge in [0.1, 0.15) is 47.4 Å². The number of benzene rings is 3. The van der Waals surface area contributed by atoms with Gasteiger partial charge in [0.2, 0.25) is 5.91 Å². The van der Waals surface area contributed by atoms with Crippen LogP contribution in [-0.4, -0.2) is 57.8 Å². The summed E-state index contributed by atoms with van der Waals surface area (Å²) in [4.78, 5) is 52.5. The third kappa shape index (κ3) is 6.36. The Balaban J connectivity index is 1.24. The molecule has 11 nitrogen and oxygen atoms in total. The Morgan fingerprint density at radius 2 is 1.67 bits per heavy atom. The zero-order chi connectivity index (χ0) is 31.5. The van der Waals surface area contributed by atoms with E-state index in [2.05, 4.69) is 5.32 Å². The molecule has 3 aromatic carbocycles. The third-order valence-electron chi connectivity index (χ3n) is 7.46. The van der Waals surface area contributed by atoms with E-state index in [1.165, 1.54) is 12.1 Å². The van der Waals surface area contributed by atoms with Gasteiger partial charge in [-0.05, 0) is 41.5 Å². The molecular weight excluding hydrogens is 600 g/mol. The topological polar surface area (TPSA) is 141 Å². The normalized spacial score (nSPS) is 19.0. The van der Waals surface area contributed by atoms with Crippen LogP contribution in [-0.2, 0) is 42.9 Å². The first-order valence-corrected chi connectivity index (χ1v) is 15.4. The fourth-order valence-corrected chi connectivity index (χ4v) is 6.87. The van der Waals surface area contributed by atoms with Crippen LogP contribution in [0.15, 0.2) is 105 Å². The minimum atomic E-state index is -1.67. The summed E-state index contributed by atoms with van der Waals surface area (Å²) in [6.07, 6.45) is 0.0432. The van der Waals surface area contributed by atoms with E-state index in [-0.39, 0.29) is 31.1 Å². The molecule has 0 radical (unpaired) electrons. The molecule has 3 atom stereocenters. The second-order valence-corrected chi connectivity index (χ2v) is 12.0. The Bertz CT molecular complexity index is 1890. The van der Waals surface area contributed by atoms with Crippen molar-refractivity contribution in [2.75, 3.05) is 19.5 Å². The number of nitrogens with one attached hydrogen (secondary N) is 1. The van der Waals surface area contributed by atoms with Crippen LogP contribution in [0.5, 0.6) is 11.5 Å². The zero-order valence-corrected chi connectivity index (χ0v) is 24.9. The van der Waals surface area contributed by atoms with Crippen molar-refractivity contribution in [2.45, 2.75) is 24.4 Å². The Morgan fingerprint density at radius 3 is 2.42 bits per heavy atom. The van der Waals surface area contributed by atoms with Crippen molar-refractivity contribution >= 4 is 39.6 Å². The van der Waals surface area contributed by atoms with E-state index in [0.717, 1.165) is 10.5 Å². The van der Waals surface area contributed by atoms with Gasteiger partial charge in [-0.25, -0.2) is 9.59 Å². The molecule has 3 heterocycles. The van der Waals surface area contributed by atoms with Crippen LogP contribution in [0.3, 0.4) is 0 Å². The van der Waals surface area contributed by atoms with E-state index in [4.69, 9.17) is 18.6 Å². The van der Waals surface area contributed by atoms with Gasteiger partial charge in [0.15, 0.2) is 0 Å². The van der Waals surface area contributed by atoms with Gasteiger partial charge in [-0.2, -0.15) is 0 Å². The molecule has 1 aromatic heterocycles. The molecule has 1 unspecified atom stereocenters. The molecule has 0 aliphatic carbocycles. The van der Waals surface area contributed by atoms with Crippen LogP contribution in [0, 0.1) is 0 Å². The molecule has 2 aliphatic heterocycles. The third-order valence-corrected chi connectivity index (χ3v) is 9.11. The lowest BCUT2D eigenvalue weighted by atomic mass is 10.0. The van der Waals surface area contributed by atoms with Crippen LogP contribution < -0.4 is 20.4 Å². The number of ether oxygens (including phenoxy) is 3. The highest BCUT2D eigenvalue weighted by Crippen LogP contribution is 2.36. The molecule has 0 saturated carbocycles. The molecule has 0 bridgehead atoms. The van der Waals surface area contributed by atoms with Gasteiger partial charge in [-0.1, -0.05) is 42.5 Å². The lowest BCUT2D eigenvalue weighted by Gasteiger charge is -2.49. The summed E-state index contributed by atoms with van der Waals surface area (Å²) in [5, 5.41) is 2.44. The monoisotopic (exact) mass is 628 g/mol. The Kier molecular flexibility index (Phi) is 8.47. The van der Waals surface area contributed by atoms with E-state index in [0.29, 0.717) is 33.6 Å².